The summed E-state index contributed by atoms with van der Waals surface area (Å²) in [6.07, 6.45) is -0.382. The Hall–Kier alpha value is -1.46. The largest absolute Gasteiger partial charge is 0.457 e. The van der Waals surface area contributed by atoms with Crippen LogP contribution in [0, 0.1) is 18.2 Å². The van der Waals surface area contributed by atoms with E-state index in [9.17, 15) is 14.3 Å². The zero-order chi connectivity index (χ0) is 16.5. The zero-order valence-electron chi connectivity index (χ0n) is 13.6. The molecule has 2 rings (SSSR count). The Kier molecular flexibility index (Phi) is 4.59. The van der Waals surface area contributed by atoms with Gasteiger partial charge in [0.2, 0.25) is 0 Å². The van der Waals surface area contributed by atoms with Crippen molar-refractivity contribution in [2.75, 3.05) is 13.1 Å². The van der Waals surface area contributed by atoms with Gasteiger partial charge in [0.25, 0.3) is 0 Å². The lowest BCUT2D eigenvalue weighted by Gasteiger charge is -2.40. The third-order valence-corrected chi connectivity index (χ3v) is 4.08. The zero-order valence-corrected chi connectivity index (χ0v) is 13.6. The highest BCUT2D eigenvalue weighted by molar-refractivity contribution is 5.75. The molecule has 0 radical (unpaired) electrons. The second-order valence-electron chi connectivity index (χ2n) is 6.99. The van der Waals surface area contributed by atoms with Crippen molar-refractivity contribution in [2.24, 2.45) is 5.41 Å². The van der Waals surface area contributed by atoms with Gasteiger partial charge >= 0.3 is 5.97 Å². The van der Waals surface area contributed by atoms with Gasteiger partial charge < -0.3 is 15.2 Å². The predicted molar refractivity (Wildman–Crippen MR) is 81.9 cm³/mol. The van der Waals surface area contributed by atoms with Crippen molar-refractivity contribution >= 4 is 5.97 Å². The number of rotatable bonds is 2. The van der Waals surface area contributed by atoms with Crippen molar-refractivity contribution in [1.29, 1.82) is 0 Å². The van der Waals surface area contributed by atoms with Gasteiger partial charge in [-0.05, 0) is 57.9 Å². The highest BCUT2D eigenvalue weighted by Crippen LogP contribution is 2.34. The maximum absolute atomic E-state index is 13.8. The van der Waals surface area contributed by atoms with E-state index < -0.39 is 17.1 Å². The number of ether oxygens (including phenoxy) is 1. The molecule has 0 unspecified atom stereocenters. The molecule has 5 heteroatoms. The summed E-state index contributed by atoms with van der Waals surface area (Å²) in [5.41, 5.74) is -1.06. The molecule has 122 valence electrons. The summed E-state index contributed by atoms with van der Waals surface area (Å²) in [6, 6.07) is 4.66. The first kappa shape index (κ1) is 16.9. The Labute approximate surface area is 130 Å². The fraction of sp³-hybridized carbons (Fsp3) is 0.588. The van der Waals surface area contributed by atoms with E-state index in [2.05, 4.69) is 5.32 Å². The molecule has 0 aromatic heterocycles. The van der Waals surface area contributed by atoms with Gasteiger partial charge in [-0.25, -0.2) is 4.39 Å². The van der Waals surface area contributed by atoms with Crippen LogP contribution in [-0.2, 0) is 15.1 Å². The number of piperidine rings is 1. The molecule has 22 heavy (non-hydrogen) atoms. The van der Waals surface area contributed by atoms with Crippen molar-refractivity contribution in [2.45, 2.75) is 45.8 Å². The van der Waals surface area contributed by atoms with Crippen LogP contribution in [0.2, 0.25) is 0 Å². The minimum absolute atomic E-state index is 0.341. The Morgan fingerprint density at radius 2 is 2.14 bits per heavy atom. The molecular weight excluding hydrogens is 285 g/mol. The van der Waals surface area contributed by atoms with Crippen LogP contribution in [0.15, 0.2) is 18.2 Å². The molecule has 0 amide bonds. The Morgan fingerprint density at radius 1 is 1.45 bits per heavy atom. The van der Waals surface area contributed by atoms with Crippen LogP contribution in [0.1, 0.15) is 38.3 Å². The van der Waals surface area contributed by atoms with Crippen LogP contribution in [0.3, 0.4) is 0 Å². The van der Waals surface area contributed by atoms with Gasteiger partial charge in [0.1, 0.15) is 17.5 Å². The highest BCUT2D eigenvalue weighted by Gasteiger charge is 2.44. The molecule has 1 aromatic carbocycles. The molecule has 1 aromatic rings. The van der Waals surface area contributed by atoms with E-state index in [0.717, 1.165) is 0 Å². The van der Waals surface area contributed by atoms with Crippen LogP contribution >= 0.6 is 0 Å². The molecule has 0 aliphatic carbocycles. The fourth-order valence-corrected chi connectivity index (χ4v) is 2.48. The number of carbonyl (C=O) groups excluding carboxylic acids is 1. The third kappa shape index (κ3) is 3.31. The molecule has 1 fully saturated rings. The fourth-order valence-electron chi connectivity index (χ4n) is 2.48. The molecule has 4 nitrogen and oxygen atoms in total. The smallest absolute Gasteiger partial charge is 0.311 e. The van der Waals surface area contributed by atoms with Crippen molar-refractivity contribution in [3.8, 4) is 0 Å². The van der Waals surface area contributed by atoms with Gasteiger partial charge in [0, 0.05) is 6.54 Å². The summed E-state index contributed by atoms with van der Waals surface area (Å²) in [7, 11) is 0. The molecule has 2 N–H and O–H groups in total. The lowest BCUT2D eigenvalue weighted by atomic mass is 9.82. The second kappa shape index (κ2) is 5.97. The first-order chi connectivity index (χ1) is 10.1. The van der Waals surface area contributed by atoms with Gasteiger partial charge in [-0.1, -0.05) is 12.1 Å². The molecule has 0 spiro atoms. The van der Waals surface area contributed by atoms with E-state index in [1.165, 1.54) is 6.07 Å². The van der Waals surface area contributed by atoms with E-state index in [-0.39, 0.29) is 11.8 Å². The van der Waals surface area contributed by atoms with Crippen molar-refractivity contribution < 1.29 is 19.0 Å². The molecule has 2 atom stereocenters. The average molecular weight is 309 g/mol. The van der Waals surface area contributed by atoms with E-state index in [1.807, 2.05) is 0 Å². The summed E-state index contributed by atoms with van der Waals surface area (Å²) >= 11 is 0. The van der Waals surface area contributed by atoms with E-state index in [4.69, 9.17) is 4.74 Å². The van der Waals surface area contributed by atoms with Crippen LogP contribution in [-0.4, -0.2) is 30.3 Å². The molecule has 1 aliphatic heterocycles. The predicted octanol–water partition coefficient (Wildman–Crippen LogP) is 2.27. The van der Waals surface area contributed by atoms with Crippen LogP contribution < -0.4 is 5.32 Å². The topological polar surface area (TPSA) is 58.6 Å². The highest BCUT2D eigenvalue weighted by atomic mass is 19.1. The molecular formula is C17H24FNO3. The number of esters is 1. The first-order valence-electron chi connectivity index (χ1n) is 7.55. The Morgan fingerprint density at radius 3 is 2.73 bits per heavy atom. The van der Waals surface area contributed by atoms with Gasteiger partial charge in [-0.3, -0.25) is 4.79 Å². The average Bonchev–Trinajstić information content (AvgIpc) is 2.43. The summed E-state index contributed by atoms with van der Waals surface area (Å²) in [4.78, 5) is 12.1. The number of hydrogen-bond donors (Lipinski definition) is 2. The maximum atomic E-state index is 13.8. The summed E-state index contributed by atoms with van der Waals surface area (Å²) in [5.74, 6) is -0.752. The van der Waals surface area contributed by atoms with Crippen molar-refractivity contribution in [3.63, 3.8) is 0 Å². The monoisotopic (exact) mass is 309 g/mol. The van der Waals surface area contributed by atoms with Crippen molar-refractivity contribution in [3.05, 3.63) is 35.1 Å². The lowest BCUT2D eigenvalue weighted by Crippen LogP contribution is -2.54. The molecule has 1 heterocycles. The molecule has 0 bridgehead atoms. The quantitative estimate of drug-likeness (QED) is 0.823. The minimum atomic E-state index is -1.37. The van der Waals surface area contributed by atoms with E-state index in [0.29, 0.717) is 30.6 Å². The van der Waals surface area contributed by atoms with Gasteiger partial charge in [-0.15, -0.1) is 0 Å². The van der Waals surface area contributed by atoms with Crippen LogP contribution in [0.5, 0.6) is 0 Å². The normalized spacial score (nSPS) is 25.8. The summed E-state index contributed by atoms with van der Waals surface area (Å²) in [6.45, 7) is 7.87. The lowest BCUT2D eigenvalue weighted by molar-refractivity contribution is -0.179. The number of halogens is 1. The van der Waals surface area contributed by atoms with Gasteiger partial charge in [0.05, 0.1) is 5.41 Å². The maximum Gasteiger partial charge on any atom is 0.311 e. The van der Waals surface area contributed by atoms with Crippen LogP contribution in [0.4, 0.5) is 4.39 Å². The first-order valence-corrected chi connectivity index (χ1v) is 7.55. The number of carbonyl (C=O) groups is 1. The Bertz CT molecular complexity index is 568. The van der Waals surface area contributed by atoms with E-state index >= 15 is 0 Å². The number of benzene rings is 1. The van der Waals surface area contributed by atoms with Gasteiger partial charge in [-0.2, -0.15) is 0 Å². The van der Waals surface area contributed by atoms with Crippen LogP contribution in [0.25, 0.3) is 0 Å². The Balaban J connectivity index is 2.31. The molecule has 0 saturated carbocycles. The van der Waals surface area contributed by atoms with Crippen molar-refractivity contribution in [1.82, 2.24) is 5.32 Å². The second-order valence-corrected chi connectivity index (χ2v) is 6.99. The summed E-state index contributed by atoms with van der Waals surface area (Å²) in [5, 5.41) is 14.2. The van der Waals surface area contributed by atoms with Gasteiger partial charge in [0.15, 0.2) is 0 Å². The number of aliphatic hydroxyl groups is 1. The molecule has 1 aliphatic rings. The number of aryl methyl sites for hydroxylation is 1. The summed E-state index contributed by atoms with van der Waals surface area (Å²) < 4.78 is 19.4. The third-order valence-electron chi connectivity index (χ3n) is 4.08. The SMILES string of the molecule is Cc1ccc([C@@]2(O)CCNC[C@@H]2OC(=O)C(C)(C)C)cc1F. The minimum Gasteiger partial charge on any atom is -0.457 e. The number of hydrogen-bond acceptors (Lipinski definition) is 4. The number of nitrogens with one attached hydrogen (secondary N) is 1. The van der Waals surface area contributed by atoms with E-state index in [1.54, 1.807) is 39.8 Å². The standard InChI is InChI=1S/C17H24FNO3/c1-11-5-6-12(9-13(11)18)17(21)7-8-19-10-14(17)22-15(20)16(2,3)4/h5-6,9,14,19,21H,7-8,10H2,1-4H3/t14-,17-/m0/s1. The molecule has 1 saturated heterocycles.